The molecule has 0 bridgehead atoms. The Morgan fingerprint density at radius 1 is 1.33 bits per heavy atom. The normalized spacial score (nSPS) is 14.1. The summed E-state index contributed by atoms with van der Waals surface area (Å²) in [6, 6.07) is 5.44. The van der Waals surface area contributed by atoms with Crippen molar-refractivity contribution in [2.75, 3.05) is 12.3 Å². The minimum Gasteiger partial charge on any atom is -0.399 e. The second-order valence-corrected chi connectivity index (χ2v) is 4.66. The molecule has 4 N–H and O–H groups in total. The van der Waals surface area contributed by atoms with Crippen LogP contribution in [0.3, 0.4) is 0 Å². The third-order valence-corrected chi connectivity index (χ3v) is 2.71. The molecule has 0 atom stereocenters. The van der Waals surface area contributed by atoms with Crippen molar-refractivity contribution in [2.45, 2.75) is 25.8 Å². The van der Waals surface area contributed by atoms with Crippen LogP contribution in [0.4, 0.5) is 5.69 Å². The van der Waals surface area contributed by atoms with Gasteiger partial charge in [0.25, 0.3) is 5.91 Å². The smallest absolute Gasteiger partial charge is 0.251 e. The molecule has 2 rings (SSSR count). The van der Waals surface area contributed by atoms with Crippen molar-refractivity contribution < 1.29 is 9.59 Å². The van der Waals surface area contributed by atoms with Crippen LogP contribution in [0, 0.1) is 6.92 Å². The zero-order valence-electron chi connectivity index (χ0n) is 10.3. The summed E-state index contributed by atoms with van der Waals surface area (Å²) in [6.45, 7) is 1.87. The van der Waals surface area contributed by atoms with Gasteiger partial charge < -0.3 is 16.4 Å². The number of amides is 2. The van der Waals surface area contributed by atoms with Crippen molar-refractivity contribution in [2.24, 2.45) is 0 Å². The zero-order chi connectivity index (χ0) is 13.1. The van der Waals surface area contributed by atoms with Gasteiger partial charge in [0.1, 0.15) is 0 Å². The van der Waals surface area contributed by atoms with Gasteiger partial charge in [-0.15, -0.1) is 0 Å². The molecule has 0 saturated heterocycles. The van der Waals surface area contributed by atoms with Gasteiger partial charge in [-0.25, -0.2) is 0 Å². The third kappa shape index (κ3) is 3.48. The number of hydrogen-bond donors (Lipinski definition) is 3. The summed E-state index contributed by atoms with van der Waals surface area (Å²) in [7, 11) is 0. The Morgan fingerprint density at radius 3 is 2.67 bits per heavy atom. The van der Waals surface area contributed by atoms with E-state index in [1.165, 1.54) is 0 Å². The highest BCUT2D eigenvalue weighted by Crippen LogP contribution is 2.18. The minimum absolute atomic E-state index is 0.00315. The SMILES string of the molecule is Cc1cc(N)cc(C(=O)NCC(=O)NC2CC2)c1. The van der Waals surface area contributed by atoms with Crippen LogP contribution in [0.2, 0.25) is 0 Å². The van der Waals surface area contributed by atoms with Crippen LogP contribution >= 0.6 is 0 Å². The molecule has 1 aliphatic carbocycles. The number of anilines is 1. The lowest BCUT2D eigenvalue weighted by atomic mass is 10.1. The molecular weight excluding hydrogens is 230 g/mol. The monoisotopic (exact) mass is 247 g/mol. The van der Waals surface area contributed by atoms with E-state index in [2.05, 4.69) is 10.6 Å². The van der Waals surface area contributed by atoms with Crippen LogP contribution < -0.4 is 16.4 Å². The average Bonchev–Trinajstić information content (AvgIpc) is 3.08. The lowest BCUT2D eigenvalue weighted by Crippen LogP contribution is -2.37. The maximum atomic E-state index is 11.8. The highest BCUT2D eigenvalue weighted by Gasteiger charge is 2.23. The van der Waals surface area contributed by atoms with Gasteiger partial charge in [-0.2, -0.15) is 0 Å². The van der Waals surface area contributed by atoms with Crippen molar-refractivity contribution in [3.63, 3.8) is 0 Å². The fraction of sp³-hybridized carbons (Fsp3) is 0.385. The first kappa shape index (κ1) is 12.4. The maximum Gasteiger partial charge on any atom is 0.251 e. The number of hydrogen-bond acceptors (Lipinski definition) is 3. The summed E-state index contributed by atoms with van der Waals surface area (Å²) in [5.41, 5.74) is 7.61. The maximum absolute atomic E-state index is 11.8. The number of nitrogens with two attached hydrogens (primary N) is 1. The van der Waals surface area contributed by atoms with Crippen LogP contribution in [-0.4, -0.2) is 24.4 Å². The number of carbonyl (C=O) groups is 2. The van der Waals surface area contributed by atoms with Gasteiger partial charge in [0.2, 0.25) is 5.91 Å². The molecule has 1 fully saturated rings. The number of aryl methyl sites for hydroxylation is 1. The molecule has 0 radical (unpaired) electrons. The largest absolute Gasteiger partial charge is 0.399 e. The Bertz CT molecular complexity index is 461. The molecule has 1 aliphatic rings. The van der Waals surface area contributed by atoms with Crippen molar-refractivity contribution >= 4 is 17.5 Å². The van der Waals surface area contributed by atoms with Gasteiger partial charge in [0, 0.05) is 17.3 Å². The molecule has 0 spiro atoms. The number of carbonyl (C=O) groups excluding carboxylic acids is 2. The van der Waals surface area contributed by atoms with Crippen LogP contribution in [0.5, 0.6) is 0 Å². The van der Waals surface area contributed by atoms with E-state index < -0.39 is 0 Å². The van der Waals surface area contributed by atoms with Gasteiger partial charge >= 0.3 is 0 Å². The Hall–Kier alpha value is -2.04. The first-order chi connectivity index (χ1) is 8.54. The molecule has 5 nitrogen and oxygen atoms in total. The van der Waals surface area contributed by atoms with Crippen LogP contribution in [-0.2, 0) is 4.79 Å². The summed E-state index contributed by atoms with van der Waals surface area (Å²) < 4.78 is 0. The zero-order valence-corrected chi connectivity index (χ0v) is 10.3. The third-order valence-electron chi connectivity index (χ3n) is 2.71. The van der Waals surface area contributed by atoms with Crippen LogP contribution in [0.25, 0.3) is 0 Å². The van der Waals surface area contributed by atoms with Gasteiger partial charge in [-0.05, 0) is 43.5 Å². The Kier molecular flexibility index (Phi) is 3.50. The quantitative estimate of drug-likeness (QED) is 0.681. The fourth-order valence-electron chi connectivity index (χ4n) is 1.71. The van der Waals surface area contributed by atoms with Crippen LogP contribution in [0.1, 0.15) is 28.8 Å². The van der Waals surface area contributed by atoms with Gasteiger partial charge in [-0.1, -0.05) is 0 Å². The number of rotatable bonds is 4. The fourth-order valence-corrected chi connectivity index (χ4v) is 1.71. The van der Waals surface area contributed by atoms with E-state index in [1.807, 2.05) is 6.92 Å². The Labute approximate surface area is 106 Å². The molecule has 1 aromatic carbocycles. The molecule has 96 valence electrons. The first-order valence-corrected chi connectivity index (χ1v) is 5.99. The number of nitrogens with one attached hydrogen (secondary N) is 2. The van der Waals surface area contributed by atoms with Crippen molar-refractivity contribution in [1.82, 2.24) is 10.6 Å². The van der Waals surface area contributed by atoms with E-state index in [1.54, 1.807) is 18.2 Å². The van der Waals surface area contributed by atoms with E-state index >= 15 is 0 Å². The van der Waals surface area contributed by atoms with Crippen molar-refractivity contribution in [1.29, 1.82) is 0 Å². The van der Waals surface area contributed by atoms with Gasteiger partial charge in [0.05, 0.1) is 6.54 Å². The van der Waals surface area contributed by atoms with E-state index in [9.17, 15) is 9.59 Å². The molecule has 0 unspecified atom stereocenters. The first-order valence-electron chi connectivity index (χ1n) is 5.99. The molecule has 0 aromatic heterocycles. The van der Waals surface area contributed by atoms with E-state index in [-0.39, 0.29) is 18.4 Å². The van der Waals surface area contributed by atoms with Gasteiger partial charge in [-0.3, -0.25) is 9.59 Å². The molecule has 5 heteroatoms. The molecule has 0 aliphatic heterocycles. The summed E-state index contributed by atoms with van der Waals surface area (Å²) >= 11 is 0. The number of benzene rings is 1. The average molecular weight is 247 g/mol. The van der Waals surface area contributed by atoms with E-state index in [0.29, 0.717) is 17.3 Å². The highest BCUT2D eigenvalue weighted by atomic mass is 16.2. The standard InChI is InChI=1S/C13H17N3O2/c1-8-4-9(6-10(14)5-8)13(18)15-7-12(17)16-11-2-3-11/h4-6,11H,2-3,7,14H2,1H3,(H,15,18)(H,16,17). The molecule has 1 saturated carbocycles. The minimum atomic E-state index is -0.281. The van der Waals surface area contributed by atoms with E-state index in [4.69, 9.17) is 5.73 Å². The topological polar surface area (TPSA) is 84.2 Å². The molecular formula is C13H17N3O2. The second kappa shape index (κ2) is 5.08. The summed E-state index contributed by atoms with van der Waals surface area (Å²) in [5, 5.41) is 5.38. The lowest BCUT2D eigenvalue weighted by molar-refractivity contribution is -0.120. The highest BCUT2D eigenvalue weighted by molar-refractivity contribution is 5.97. The van der Waals surface area contributed by atoms with Gasteiger partial charge in [0.15, 0.2) is 0 Å². The molecule has 1 aromatic rings. The summed E-state index contributed by atoms with van der Waals surface area (Å²) in [5.74, 6) is -0.428. The van der Waals surface area contributed by atoms with Crippen LogP contribution in [0.15, 0.2) is 18.2 Å². The predicted molar refractivity (Wildman–Crippen MR) is 69.1 cm³/mol. The Balaban J connectivity index is 1.88. The lowest BCUT2D eigenvalue weighted by Gasteiger charge is -2.07. The van der Waals surface area contributed by atoms with E-state index in [0.717, 1.165) is 18.4 Å². The molecule has 18 heavy (non-hydrogen) atoms. The number of nitrogen functional groups attached to an aromatic ring is 1. The predicted octanol–water partition coefficient (Wildman–Crippen LogP) is 0.586. The van der Waals surface area contributed by atoms with Crippen molar-refractivity contribution in [3.8, 4) is 0 Å². The second-order valence-electron chi connectivity index (χ2n) is 4.66. The summed E-state index contributed by atoms with van der Waals surface area (Å²) in [4.78, 5) is 23.2. The van der Waals surface area contributed by atoms with Crippen molar-refractivity contribution in [3.05, 3.63) is 29.3 Å². The Morgan fingerprint density at radius 2 is 2.06 bits per heavy atom. The summed E-state index contributed by atoms with van der Waals surface area (Å²) in [6.07, 6.45) is 2.07. The molecule has 2 amide bonds. The molecule has 0 heterocycles.